The lowest BCUT2D eigenvalue weighted by atomic mass is 10.0. The average molecular weight is 433 g/mol. The summed E-state index contributed by atoms with van der Waals surface area (Å²) < 4.78 is 18.8. The zero-order valence-corrected chi connectivity index (χ0v) is 18.3. The van der Waals surface area contributed by atoms with Gasteiger partial charge in [0.15, 0.2) is 6.29 Å². The lowest BCUT2D eigenvalue weighted by Gasteiger charge is -2.45. The minimum atomic E-state index is -0.553. The number of halogens is 1. The van der Waals surface area contributed by atoms with Crippen molar-refractivity contribution in [2.75, 3.05) is 26.8 Å². The van der Waals surface area contributed by atoms with Crippen molar-refractivity contribution in [1.29, 1.82) is 0 Å². The molecule has 168 valence electrons. The number of carbonyl (C=O) groups is 2. The van der Waals surface area contributed by atoms with E-state index in [0.29, 0.717) is 25.3 Å². The summed E-state index contributed by atoms with van der Waals surface area (Å²) in [5.74, 6) is -0.622. The molecule has 0 aliphatic carbocycles. The summed E-state index contributed by atoms with van der Waals surface area (Å²) in [6.45, 7) is 7.70. The number of likely N-dealkylation sites (N-methyl/N-ethyl adjacent to an activating group) is 1. The van der Waals surface area contributed by atoms with E-state index in [2.05, 4.69) is 10.2 Å². The van der Waals surface area contributed by atoms with Crippen molar-refractivity contribution in [2.45, 2.75) is 51.9 Å². The molecule has 3 aliphatic rings. The first-order valence-corrected chi connectivity index (χ1v) is 10.6. The van der Waals surface area contributed by atoms with Gasteiger partial charge in [0.2, 0.25) is 0 Å². The Morgan fingerprint density at radius 2 is 1.94 bits per heavy atom. The fourth-order valence-corrected chi connectivity index (χ4v) is 4.44. The van der Waals surface area contributed by atoms with Crippen LogP contribution in [0.1, 0.15) is 26.3 Å². The van der Waals surface area contributed by atoms with Crippen LogP contribution in [0.5, 0.6) is 0 Å². The van der Waals surface area contributed by atoms with Gasteiger partial charge in [0.25, 0.3) is 5.91 Å². The number of hydrazone groups is 1. The maximum absolute atomic E-state index is 13.5. The molecule has 4 unspecified atom stereocenters. The summed E-state index contributed by atoms with van der Waals surface area (Å²) in [6.07, 6.45) is -0.785. The third-order valence-corrected chi connectivity index (χ3v) is 6.23. The van der Waals surface area contributed by atoms with E-state index < -0.39 is 12.2 Å². The van der Waals surface area contributed by atoms with Crippen LogP contribution in [0, 0.1) is 5.82 Å². The number of imide groups is 1. The highest BCUT2D eigenvalue weighted by atomic mass is 19.1. The van der Waals surface area contributed by atoms with Crippen LogP contribution in [0.15, 0.2) is 29.4 Å². The van der Waals surface area contributed by atoms with Crippen LogP contribution in [-0.4, -0.2) is 88.7 Å². The second kappa shape index (κ2) is 8.52. The summed E-state index contributed by atoms with van der Waals surface area (Å²) >= 11 is 0. The standard InChI is InChI=1S/C21H29FN6O3/c1-5-31-11-10-27-20-23-18-17(28(20)14(3)13(2)24-27)19(29)26(21(30)25(18)4)12-15-6-8-16(22)9-7-15/h6-9,14,17-18,20,23H,5,10-12H2,1-4H3. The van der Waals surface area contributed by atoms with E-state index in [4.69, 9.17) is 9.84 Å². The Balaban J connectivity index is 1.61. The zero-order chi connectivity index (χ0) is 22.3. The third-order valence-electron chi connectivity index (χ3n) is 6.23. The molecule has 0 bridgehead atoms. The van der Waals surface area contributed by atoms with Gasteiger partial charge < -0.3 is 9.64 Å². The minimum Gasteiger partial charge on any atom is -0.380 e. The third kappa shape index (κ3) is 3.79. The van der Waals surface area contributed by atoms with Crippen molar-refractivity contribution in [1.82, 2.24) is 25.0 Å². The maximum Gasteiger partial charge on any atom is 0.328 e. The summed E-state index contributed by atoms with van der Waals surface area (Å²) in [5, 5.41) is 10.0. The van der Waals surface area contributed by atoms with Gasteiger partial charge in [-0.1, -0.05) is 12.1 Å². The molecule has 1 aromatic carbocycles. The molecule has 3 amide bonds. The number of hydrogen-bond acceptors (Lipinski definition) is 7. The number of nitrogens with zero attached hydrogens (tertiary/aromatic N) is 5. The SMILES string of the molecule is CCOCCN1N=C(C)C(C)N2C3C(=O)N(Cc4ccc(F)cc4)C(=O)N(C)C3NC12. The molecule has 3 heterocycles. The van der Waals surface area contributed by atoms with Gasteiger partial charge in [-0.05, 0) is 38.5 Å². The summed E-state index contributed by atoms with van der Waals surface area (Å²) in [4.78, 5) is 31.5. The average Bonchev–Trinajstić information content (AvgIpc) is 3.16. The van der Waals surface area contributed by atoms with E-state index in [-0.39, 0.29) is 36.6 Å². The van der Waals surface area contributed by atoms with Gasteiger partial charge in [-0.15, -0.1) is 0 Å². The molecule has 2 fully saturated rings. The van der Waals surface area contributed by atoms with Gasteiger partial charge >= 0.3 is 6.03 Å². The quantitative estimate of drug-likeness (QED) is 0.681. The van der Waals surface area contributed by atoms with Crippen molar-refractivity contribution in [3.63, 3.8) is 0 Å². The highest BCUT2D eigenvalue weighted by Gasteiger charge is 2.57. The monoisotopic (exact) mass is 432 g/mol. The number of ether oxygens (including phenoxy) is 1. The van der Waals surface area contributed by atoms with Gasteiger partial charge in [-0.3, -0.25) is 20.0 Å². The maximum atomic E-state index is 13.5. The van der Waals surface area contributed by atoms with Gasteiger partial charge in [0.1, 0.15) is 18.0 Å². The summed E-state index contributed by atoms with van der Waals surface area (Å²) in [6, 6.07) is 4.83. The Labute approximate surface area is 181 Å². The number of hydrogen-bond donors (Lipinski definition) is 1. The smallest absolute Gasteiger partial charge is 0.328 e. The fraction of sp³-hybridized carbons (Fsp3) is 0.571. The van der Waals surface area contributed by atoms with Crippen LogP contribution in [0.3, 0.4) is 0 Å². The lowest BCUT2D eigenvalue weighted by molar-refractivity contribution is -0.140. The molecule has 1 N–H and O–H groups in total. The lowest BCUT2D eigenvalue weighted by Crippen LogP contribution is -2.67. The number of urea groups is 1. The summed E-state index contributed by atoms with van der Waals surface area (Å²) in [7, 11) is 1.69. The number of benzene rings is 1. The molecule has 0 spiro atoms. The van der Waals surface area contributed by atoms with Gasteiger partial charge in [0, 0.05) is 13.7 Å². The van der Waals surface area contributed by atoms with Crippen LogP contribution in [0.4, 0.5) is 9.18 Å². The Morgan fingerprint density at radius 3 is 2.61 bits per heavy atom. The first-order chi connectivity index (χ1) is 14.8. The second-order valence-electron chi connectivity index (χ2n) is 8.10. The summed E-state index contributed by atoms with van der Waals surface area (Å²) in [5.41, 5.74) is 1.59. The van der Waals surface area contributed by atoms with Gasteiger partial charge in [-0.25, -0.2) is 14.1 Å². The number of carbonyl (C=O) groups excluding carboxylic acids is 2. The Hall–Kier alpha value is -2.56. The first-order valence-electron chi connectivity index (χ1n) is 10.6. The first kappa shape index (κ1) is 21.7. The number of rotatable bonds is 6. The Bertz CT molecular complexity index is 878. The molecule has 0 aromatic heterocycles. The van der Waals surface area contributed by atoms with Crippen LogP contribution >= 0.6 is 0 Å². The van der Waals surface area contributed by atoms with Crippen molar-refractivity contribution in [2.24, 2.45) is 5.10 Å². The van der Waals surface area contributed by atoms with E-state index in [1.165, 1.54) is 17.0 Å². The minimum absolute atomic E-state index is 0.0749. The number of amides is 3. The highest BCUT2D eigenvalue weighted by Crippen LogP contribution is 2.33. The van der Waals surface area contributed by atoms with Crippen molar-refractivity contribution in [3.8, 4) is 0 Å². The van der Waals surface area contributed by atoms with Crippen LogP contribution in [0.25, 0.3) is 0 Å². The largest absolute Gasteiger partial charge is 0.380 e. The van der Waals surface area contributed by atoms with Crippen LogP contribution in [0.2, 0.25) is 0 Å². The topological polar surface area (TPSA) is 80.7 Å². The molecule has 31 heavy (non-hydrogen) atoms. The molecule has 4 rings (SSSR count). The van der Waals surface area contributed by atoms with Crippen LogP contribution in [-0.2, 0) is 16.1 Å². The highest BCUT2D eigenvalue weighted by molar-refractivity contribution is 6.01. The Morgan fingerprint density at radius 1 is 1.23 bits per heavy atom. The molecule has 1 aromatic rings. The molecule has 4 atom stereocenters. The molecule has 9 nitrogen and oxygen atoms in total. The van der Waals surface area contributed by atoms with Crippen molar-refractivity contribution < 1.29 is 18.7 Å². The van der Waals surface area contributed by atoms with E-state index >= 15 is 0 Å². The van der Waals surface area contributed by atoms with Crippen molar-refractivity contribution >= 4 is 17.6 Å². The molecular formula is C21H29FN6O3. The van der Waals surface area contributed by atoms with Gasteiger partial charge in [-0.2, -0.15) is 5.10 Å². The second-order valence-corrected chi connectivity index (χ2v) is 8.10. The van der Waals surface area contributed by atoms with E-state index in [1.807, 2.05) is 25.8 Å². The molecule has 2 saturated heterocycles. The van der Waals surface area contributed by atoms with E-state index in [1.54, 1.807) is 24.1 Å². The molecular weight excluding hydrogens is 403 g/mol. The van der Waals surface area contributed by atoms with E-state index in [9.17, 15) is 14.0 Å². The fourth-order valence-electron chi connectivity index (χ4n) is 4.44. The normalized spacial score (nSPS) is 28.7. The van der Waals surface area contributed by atoms with E-state index in [0.717, 1.165) is 5.71 Å². The number of nitrogens with one attached hydrogen (secondary N) is 1. The van der Waals surface area contributed by atoms with Crippen molar-refractivity contribution in [3.05, 3.63) is 35.6 Å². The molecule has 10 heteroatoms. The Kier molecular flexibility index (Phi) is 5.96. The van der Waals surface area contributed by atoms with Gasteiger partial charge in [0.05, 0.1) is 31.4 Å². The predicted octanol–water partition coefficient (Wildman–Crippen LogP) is 1.22. The zero-order valence-electron chi connectivity index (χ0n) is 18.3. The predicted molar refractivity (Wildman–Crippen MR) is 112 cm³/mol. The molecule has 3 aliphatic heterocycles. The number of fused-ring (bicyclic) bond motifs is 3. The molecule has 0 saturated carbocycles. The molecule has 0 radical (unpaired) electrons. The van der Waals surface area contributed by atoms with Crippen LogP contribution < -0.4 is 5.32 Å².